The van der Waals surface area contributed by atoms with Crippen molar-refractivity contribution in [3.05, 3.63) is 40.5 Å². The summed E-state index contributed by atoms with van der Waals surface area (Å²) in [5, 5.41) is 9.37. The van der Waals surface area contributed by atoms with E-state index >= 15 is 0 Å². The predicted octanol–water partition coefficient (Wildman–Crippen LogP) is 1.44. The van der Waals surface area contributed by atoms with Crippen molar-refractivity contribution < 1.29 is 4.74 Å². The van der Waals surface area contributed by atoms with E-state index in [0.29, 0.717) is 18.2 Å². The Balaban J connectivity index is 1.97. The zero-order chi connectivity index (χ0) is 12.1. The topological polar surface area (TPSA) is 84.9 Å². The second kappa shape index (κ2) is 5.40. The van der Waals surface area contributed by atoms with Crippen LogP contribution in [0.15, 0.2) is 29.9 Å². The van der Waals surface area contributed by atoms with Crippen LogP contribution < -0.4 is 10.5 Å². The van der Waals surface area contributed by atoms with E-state index in [1.54, 1.807) is 11.3 Å². The minimum atomic E-state index is -0.135. The Bertz CT molecular complexity index is 498. The molecule has 0 bridgehead atoms. The summed E-state index contributed by atoms with van der Waals surface area (Å²) in [5.74, 6) is 0.181. The van der Waals surface area contributed by atoms with E-state index in [4.69, 9.17) is 15.9 Å². The molecule has 88 valence electrons. The number of nitrogens with zero attached hydrogens (tertiary/aromatic N) is 2. The Hall–Kier alpha value is -1.95. The molecule has 0 atom stereocenters. The van der Waals surface area contributed by atoms with Crippen LogP contribution >= 0.6 is 11.3 Å². The molecule has 2 heterocycles. The van der Waals surface area contributed by atoms with Crippen LogP contribution in [0.4, 0.5) is 0 Å². The molecule has 0 aliphatic carbocycles. The molecule has 2 rings (SSSR count). The smallest absolute Gasteiger partial charge is 0.243 e. The van der Waals surface area contributed by atoms with Gasteiger partial charge in [0.2, 0.25) is 5.88 Å². The molecule has 0 aliphatic heterocycles. The molecule has 0 radical (unpaired) electrons. The lowest BCUT2D eigenvalue weighted by Crippen LogP contribution is -2.16. The van der Waals surface area contributed by atoms with Gasteiger partial charge < -0.3 is 10.5 Å². The third-order valence-electron chi connectivity index (χ3n) is 2.09. The van der Waals surface area contributed by atoms with Crippen molar-refractivity contribution >= 4 is 17.2 Å². The summed E-state index contributed by atoms with van der Waals surface area (Å²) >= 11 is 1.69. The van der Waals surface area contributed by atoms with Gasteiger partial charge in [-0.2, -0.15) is 0 Å². The molecular weight excluding hydrogens is 236 g/mol. The monoisotopic (exact) mass is 248 g/mol. The highest BCUT2D eigenvalue weighted by Gasteiger charge is 2.08. The van der Waals surface area contributed by atoms with Crippen LogP contribution in [0.3, 0.4) is 0 Å². The SMILES string of the molecule is N=C(N)c1nccnc1OCCc1cccs1. The minimum Gasteiger partial charge on any atom is -0.476 e. The summed E-state index contributed by atoms with van der Waals surface area (Å²) in [6.45, 7) is 0.499. The molecule has 3 N–H and O–H groups in total. The second-order valence-corrected chi connectivity index (χ2v) is 4.33. The molecule has 2 aromatic heterocycles. The first-order valence-electron chi connectivity index (χ1n) is 5.08. The molecule has 2 aromatic rings. The Morgan fingerprint density at radius 2 is 2.24 bits per heavy atom. The van der Waals surface area contributed by atoms with Crippen molar-refractivity contribution in [3.63, 3.8) is 0 Å². The first-order chi connectivity index (χ1) is 8.27. The third-order valence-corrected chi connectivity index (χ3v) is 3.02. The van der Waals surface area contributed by atoms with E-state index in [9.17, 15) is 0 Å². The van der Waals surface area contributed by atoms with Crippen molar-refractivity contribution in [2.75, 3.05) is 6.61 Å². The van der Waals surface area contributed by atoms with Gasteiger partial charge in [0.25, 0.3) is 0 Å². The Kier molecular flexibility index (Phi) is 3.66. The molecule has 0 spiro atoms. The summed E-state index contributed by atoms with van der Waals surface area (Å²) in [5.41, 5.74) is 5.67. The molecule has 0 saturated heterocycles. The Morgan fingerprint density at radius 1 is 1.41 bits per heavy atom. The van der Waals surface area contributed by atoms with Crippen LogP contribution in [-0.2, 0) is 6.42 Å². The van der Waals surface area contributed by atoms with Crippen LogP contribution in [-0.4, -0.2) is 22.4 Å². The highest BCUT2D eigenvalue weighted by Crippen LogP contribution is 2.13. The first-order valence-corrected chi connectivity index (χ1v) is 5.96. The van der Waals surface area contributed by atoms with Gasteiger partial charge in [0.05, 0.1) is 6.61 Å². The minimum absolute atomic E-state index is 0.135. The van der Waals surface area contributed by atoms with Gasteiger partial charge >= 0.3 is 0 Å². The molecule has 0 fully saturated rings. The van der Waals surface area contributed by atoms with Crippen molar-refractivity contribution in [3.8, 4) is 5.88 Å². The molecule has 6 heteroatoms. The zero-order valence-corrected chi connectivity index (χ0v) is 9.91. The number of thiophene rings is 1. The number of hydrogen-bond donors (Lipinski definition) is 2. The van der Waals surface area contributed by atoms with Gasteiger partial charge in [-0.25, -0.2) is 9.97 Å². The van der Waals surface area contributed by atoms with Gasteiger partial charge in [0.1, 0.15) is 5.84 Å². The summed E-state index contributed by atoms with van der Waals surface area (Å²) < 4.78 is 5.48. The van der Waals surface area contributed by atoms with Crippen LogP contribution in [0.1, 0.15) is 10.6 Å². The van der Waals surface area contributed by atoms with E-state index in [1.165, 1.54) is 17.3 Å². The van der Waals surface area contributed by atoms with Crippen LogP contribution in [0.5, 0.6) is 5.88 Å². The summed E-state index contributed by atoms with van der Waals surface area (Å²) in [4.78, 5) is 9.22. The van der Waals surface area contributed by atoms with E-state index in [-0.39, 0.29) is 5.84 Å². The molecule has 0 aromatic carbocycles. The van der Waals surface area contributed by atoms with Gasteiger partial charge in [-0.05, 0) is 11.4 Å². The normalized spacial score (nSPS) is 10.1. The number of nitrogens with two attached hydrogens (primary N) is 1. The first kappa shape index (κ1) is 11.5. The molecular formula is C11H12N4OS. The highest BCUT2D eigenvalue weighted by molar-refractivity contribution is 7.09. The number of hydrogen-bond acceptors (Lipinski definition) is 5. The lowest BCUT2D eigenvalue weighted by molar-refractivity contribution is 0.308. The predicted molar refractivity (Wildman–Crippen MR) is 66.6 cm³/mol. The standard InChI is InChI=1S/C11H12N4OS/c12-10(13)9-11(15-5-4-14-9)16-6-3-8-2-1-7-17-8/h1-2,4-5,7H,3,6H2,(H3,12,13). The van der Waals surface area contributed by atoms with Gasteiger partial charge in [-0.15, -0.1) is 11.3 Å². The molecule has 0 saturated carbocycles. The summed E-state index contributed by atoms with van der Waals surface area (Å²) in [6.07, 6.45) is 3.82. The van der Waals surface area contributed by atoms with Gasteiger partial charge in [-0.1, -0.05) is 6.07 Å². The maximum atomic E-state index is 7.35. The number of amidine groups is 1. The Labute approximate surface area is 103 Å². The number of nitrogen functional groups attached to an aromatic ring is 1. The van der Waals surface area contributed by atoms with Crippen LogP contribution in [0.25, 0.3) is 0 Å². The number of aromatic nitrogens is 2. The molecule has 0 amide bonds. The number of nitrogens with one attached hydrogen (secondary N) is 1. The molecule has 0 aliphatic rings. The van der Waals surface area contributed by atoms with Crippen molar-refractivity contribution in [1.29, 1.82) is 5.41 Å². The zero-order valence-electron chi connectivity index (χ0n) is 9.09. The third kappa shape index (κ3) is 3.01. The van der Waals surface area contributed by atoms with Gasteiger partial charge in [0.15, 0.2) is 5.69 Å². The average Bonchev–Trinajstić information content (AvgIpc) is 2.82. The number of ether oxygens (including phenoxy) is 1. The quantitative estimate of drug-likeness (QED) is 0.619. The lowest BCUT2D eigenvalue weighted by atomic mass is 10.3. The fraction of sp³-hybridized carbons (Fsp3) is 0.182. The molecule has 17 heavy (non-hydrogen) atoms. The van der Waals surface area contributed by atoms with E-state index in [1.807, 2.05) is 11.4 Å². The summed E-state index contributed by atoms with van der Waals surface area (Å²) in [7, 11) is 0. The summed E-state index contributed by atoms with van der Waals surface area (Å²) in [6, 6.07) is 4.06. The maximum absolute atomic E-state index is 7.35. The van der Waals surface area contributed by atoms with Crippen molar-refractivity contribution in [2.45, 2.75) is 6.42 Å². The highest BCUT2D eigenvalue weighted by atomic mass is 32.1. The van der Waals surface area contributed by atoms with Crippen LogP contribution in [0, 0.1) is 5.41 Å². The fourth-order valence-electron chi connectivity index (χ4n) is 1.32. The molecule has 0 unspecified atom stereocenters. The largest absolute Gasteiger partial charge is 0.476 e. The van der Waals surface area contributed by atoms with Gasteiger partial charge in [0, 0.05) is 23.7 Å². The van der Waals surface area contributed by atoms with Crippen LogP contribution in [0.2, 0.25) is 0 Å². The van der Waals surface area contributed by atoms with Crippen molar-refractivity contribution in [1.82, 2.24) is 9.97 Å². The van der Waals surface area contributed by atoms with Gasteiger partial charge in [-0.3, -0.25) is 5.41 Å². The maximum Gasteiger partial charge on any atom is 0.243 e. The van der Waals surface area contributed by atoms with E-state index in [0.717, 1.165) is 6.42 Å². The average molecular weight is 248 g/mol. The Morgan fingerprint density at radius 3 is 2.94 bits per heavy atom. The van der Waals surface area contributed by atoms with E-state index in [2.05, 4.69) is 16.0 Å². The van der Waals surface area contributed by atoms with Crippen molar-refractivity contribution in [2.24, 2.45) is 5.73 Å². The second-order valence-electron chi connectivity index (χ2n) is 3.30. The molecule has 5 nitrogen and oxygen atoms in total. The van der Waals surface area contributed by atoms with E-state index < -0.39 is 0 Å². The number of rotatable bonds is 5. The lowest BCUT2D eigenvalue weighted by Gasteiger charge is -2.07. The fourth-order valence-corrected chi connectivity index (χ4v) is 2.01.